The molecule has 0 aliphatic rings. The number of hydrogen-bond donors (Lipinski definition) is 1. The fraction of sp³-hybridized carbons (Fsp3) is 0.294. The van der Waals surface area contributed by atoms with Crippen LogP contribution in [0.25, 0.3) is 0 Å². The first-order chi connectivity index (χ1) is 10.1. The van der Waals surface area contributed by atoms with Crippen LogP contribution in [0.15, 0.2) is 46.9 Å². The third kappa shape index (κ3) is 4.48. The van der Waals surface area contributed by atoms with Crippen LogP contribution in [-0.4, -0.2) is 30.7 Å². The maximum absolute atomic E-state index is 9.82. The summed E-state index contributed by atoms with van der Waals surface area (Å²) in [5.41, 5.74) is 2.45. The second-order valence-electron chi connectivity index (χ2n) is 5.10. The lowest BCUT2D eigenvalue weighted by Gasteiger charge is -2.18. The Kier molecular flexibility index (Phi) is 5.65. The van der Waals surface area contributed by atoms with Crippen molar-refractivity contribution in [3.8, 4) is 11.5 Å². The van der Waals surface area contributed by atoms with Crippen LogP contribution in [0, 0.1) is 0 Å². The van der Waals surface area contributed by atoms with E-state index in [1.165, 1.54) is 5.56 Å². The maximum Gasteiger partial charge on any atom is 0.172 e. The van der Waals surface area contributed by atoms with Gasteiger partial charge in [-0.15, -0.1) is 0 Å². The largest absolute Gasteiger partial charge is 0.503 e. The Morgan fingerprint density at radius 1 is 1.14 bits per heavy atom. The molecule has 0 radical (unpaired) electrons. The molecule has 0 fully saturated rings. The van der Waals surface area contributed by atoms with Crippen molar-refractivity contribution >= 4 is 15.9 Å². The van der Waals surface area contributed by atoms with Gasteiger partial charge in [-0.2, -0.15) is 0 Å². The number of rotatable bonds is 6. The molecule has 0 amide bonds. The smallest absolute Gasteiger partial charge is 0.172 e. The van der Waals surface area contributed by atoms with Gasteiger partial charge in [0.1, 0.15) is 0 Å². The molecule has 0 saturated heterocycles. The molecule has 0 atom stereocenters. The summed E-state index contributed by atoms with van der Waals surface area (Å²) in [6, 6.07) is 14.3. The molecule has 112 valence electrons. The van der Waals surface area contributed by atoms with Gasteiger partial charge in [0, 0.05) is 13.1 Å². The predicted octanol–water partition coefficient (Wildman–Crippen LogP) is 3.84. The summed E-state index contributed by atoms with van der Waals surface area (Å²) in [6.07, 6.45) is 1.02. The van der Waals surface area contributed by atoms with Crippen molar-refractivity contribution in [3.05, 3.63) is 58.1 Å². The molecule has 21 heavy (non-hydrogen) atoms. The van der Waals surface area contributed by atoms with Gasteiger partial charge < -0.3 is 14.7 Å². The van der Waals surface area contributed by atoms with Gasteiger partial charge in [0.2, 0.25) is 0 Å². The first kappa shape index (κ1) is 15.9. The number of methoxy groups -OCH3 is 1. The summed E-state index contributed by atoms with van der Waals surface area (Å²) in [7, 11) is 3.65. The highest BCUT2D eigenvalue weighted by atomic mass is 79.9. The molecule has 0 aliphatic carbocycles. The third-order valence-corrected chi connectivity index (χ3v) is 3.99. The lowest BCUT2D eigenvalue weighted by molar-refractivity contribution is 0.328. The number of phenolic OH excluding ortho intramolecular Hbond substituents is 1. The Bertz CT molecular complexity index is 587. The first-order valence-corrected chi connectivity index (χ1v) is 7.67. The van der Waals surface area contributed by atoms with Gasteiger partial charge in [-0.25, -0.2) is 0 Å². The van der Waals surface area contributed by atoms with Crippen LogP contribution >= 0.6 is 15.9 Å². The van der Waals surface area contributed by atoms with E-state index < -0.39 is 0 Å². The number of halogens is 1. The molecule has 2 aromatic carbocycles. The van der Waals surface area contributed by atoms with Crippen molar-refractivity contribution in [1.82, 2.24) is 4.90 Å². The second kappa shape index (κ2) is 7.48. The molecule has 0 spiro atoms. The topological polar surface area (TPSA) is 32.7 Å². The molecule has 1 N–H and O–H groups in total. The van der Waals surface area contributed by atoms with Gasteiger partial charge in [0.05, 0.1) is 11.6 Å². The summed E-state index contributed by atoms with van der Waals surface area (Å²) < 4.78 is 5.84. The number of nitrogens with zero attached hydrogens (tertiary/aromatic N) is 1. The minimum atomic E-state index is 0.146. The SMILES string of the molecule is COc1cc(CN(C)CCc2ccccc2)cc(Br)c1O. The first-order valence-electron chi connectivity index (χ1n) is 6.88. The van der Waals surface area contributed by atoms with Crippen LogP contribution < -0.4 is 4.74 Å². The Balaban J connectivity index is 1.96. The number of benzene rings is 2. The summed E-state index contributed by atoms with van der Waals surface area (Å²) in [5.74, 6) is 0.643. The Morgan fingerprint density at radius 3 is 2.52 bits per heavy atom. The molecule has 3 nitrogen and oxygen atoms in total. The van der Waals surface area contributed by atoms with Crippen molar-refractivity contribution < 1.29 is 9.84 Å². The van der Waals surface area contributed by atoms with Gasteiger partial charge in [0.15, 0.2) is 11.5 Å². The van der Waals surface area contributed by atoms with Gasteiger partial charge in [0.25, 0.3) is 0 Å². The zero-order valence-electron chi connectivity index (χ0n) is 12.3. The lowest BCUT2D eigenvalue weighted by Crippen LogP contribution is -2.20. The van der Waals surface area contributed by atoms with Crippen LogP contribution in [0.5, 0.6) is 11.5 Å². The summed E-state index contributed by atoms with van der Waals surface area (Å²) in [4.78, 5) is 2.26. The zero-order chi connectivity index (χ0) is 15.2. The van der Waals surface area contributed by atoms with Crippen molar-refractivity contribution in [2.75, 3.05) is 20.7 Å². The molecule has 2 aromatic rings. The van der Waals surface area contributed by atoms with Crippen molar-refractivity contribution in [1.29, 1.82) is 0 Å². The molecular weight excluding hydrogens is 330 g/mol. The van der Waals surface area contributed by atoms with Gasteiger partial charge in [-0.3, -0.25) is 0 Å². The standard InChI is InChI=1S/C17H20BrNO2/c1-19(9-8-13-6-4-3-5-7-13)12-14-10-15(18)17(20)16(11-14)21-2/h3-7,10-11,20H,8-9,12H2,1-2H3. The van der Waals surface area contributed by atoms with Crippen LogP contribution in [0.2, 0.25) is 0 Å². The highest BCUT2D eigenvalue weighted by Crippen LogP contribution is 2.35. The molecule has 0 unspecified atom stereocenters. The minimum Gasteiger partial charge on any atom is -0.503 e. The molecule has 2 rings (SSSR count). The average molecular weight is 350 g/mol. The van der Waals surface area contributed by atoms with E-state index in [1.54, 1.807) is 7.11 Å². The Morgan fingerprint density at radius 2 is 1.86 bits per heavy atom. The van der Waals surface area contributed by atoms with Crippen LogP contribution in [0.1, 0.15) is 11.1 Å². The van der Waals surface area contributed by atoms with E-state index in [4.69, 9.17) is 4.74 Å². The quantitative estimate of drug-likeness (QED) is 0.859. The van der Waals surface area contributed by atoms with E-state index in [-0.39, 0.29) is 5.75 Å². The van der Waals surface area contributed by atoms with Gasteiger partial charge in [-0.1, -0.05) is 30.3 Å². The molecule has 0 saturated carbocycles. The number of ether oxygens (including phenoxy) is 1. The van der Waals surface area contributed by atoms with Crippen molar-refractivity contribution in [2.24, 2.45) is 0 Å². The van der Waals surface area contributed by atoms with E-state index in [2.05, 4.69) is 52.1 Å². The number of likely N-dealkylation sites (N-methyl/N-ethyl adjacent to an activating group) is 1. The van der Waals surface area contributed by atoms with Crippen molar-refractivity contribution in [2.45, 2.75) is 13.0 Å². The molecule has 0 aromatic heterocycles. The van der Waals surface area contributed by atoms with E-state index in [9.17, 15) is 5.11 Å². The minimum absolute atomic E-state index is 0.146. The van der Waals surface area contributed by atoms with E-state index in [0.717, 1.165) is 25.1 Å². The van der Waals surface area contributed by atoms with Crippen LogP contribution in [-0.2, 0) is 13.0 Å². The fourth-order valence-electron chi connectivity index (χ4n) is 2.23. The fourth-order valence-corrected chi connectivity index (χ4v) is 2.72. The highest BCUT2D eigenvalue weighted by molar-refractivity contribution is 9.10. The predicted molar refractivity (Wildman–Crippen MR) is 88.8 cm³/mol. The van der Waals surface area contributed by atoms with Crippen LogP contribution in [0.4, 0.5) is 0 Å². The van der Waals surface area contributed by atoms with Gasteiger partial charge in [-0.05, 0) is 52.7 Å². The number of phenols is 1. The van der Waals surface area contributed by atoms with E-state index in [0.29, 0.717) is 10.2 Å². The normalized spacial score (nSPS) is 10.9. The molecule has 0 bridgehead atoms. The Hall–Kier alpha value is -1.52. The zero-order valence-corrected chi connectivity index (χ0v) is 13.9. The summed E-state index contributed by atoms with van der Waals surface area (Å²) in [5, 5.41) is 9.82. The van der Waals surface area contributed by atoms with E-state index in [1.807, 2.05) is 18.2 Å². The maximum atomic E-state index is 9.82. The molecule has 4 heteroatoms. The van der Waals surface area contributed by atoms with Crippen molar-refractivity contribution in [3.63, 3.8) is 0 Å². The third-order valence-electron chi connectivity index (χ3n) is 3.39. The lowest BCUT2D eigenvalue weighted by atomic mass is 10.1. The molecular formula is C17H20BrNO2. The monoisotopic (exact) mass is 349 g/mol. The number of aromatic hydroxyl groups is 1. The van der Waals surface area contributed by atoms with E-state index >= 15 is 0 Å². The van der Waals surface area contributed by atoms with Gasteiger partial charge >= 0.3 is 0 Å². The van der Waals surface area contributed by atoms with Crippen LogP contribution in [0.3, 0.4) is 0 Å². The second-order valence-corrected chi connectivity index (χ2v) is 5.96. The Labute approximate surface area is 134 Å². The highest BCUT2D eigenvalue weighted by Gasteiger charge is 2.10. The molecule has 0 aliphatic heterocycles. The molecule has 0 heterocycles. The summed E-state index contributed by atoms with van der Waals surface area (Å²) in [6.45, 7) is 1.78. The summed E-state index contributed by atoms with van der Waals surface area (Å²) >= 11 is 3.35. The average Bonchev–Trinajstić information content (AvgIpc) is 2.49. The number of hydrogen-bond acceptors (Lipinski definition) is 3.